The highest BCUT2D eigenvalue weighted by atomic mass is 19.1. The highest BCUT2D eigenvalue weighted by Crippen LogP contribution is 2.46. The Kier molecular flexibility index (Phi) is 5.11. The van der Waals surface area contributed by atoms with Crippen LogP contribution >= 0.6 is 0 Å². The normalized spacial score (nSPS) is 19.5. The van der Waals surface area contributed by atoms with Crippen LogP contribution in [0.15, 0.2) is 24.3 Å². The maximum absolute atomic E-state index is 13.2. The summed E-state index contributed by atoms with van der Waals surface area (Å²) < 4.78 is 18.5. The molecule has 2 aliphatic rings. The Labute approximate surface area is 140 Å². The van der Waals surface area contributed by atoms with Gasteiger partial charge in [0.25, 0.3) is 0 Å². The minimum absolute atomic E-state index is 0.246. The molecule has 1 saturated carbocycles. The fourth-order valence-corrected chi connectivity index (χ4v) is 2.82. The lowest BCUT2D eigenvalue weighted by atomic mass is 10.1. The Hall–Kier alpha value is -1.99. The van der Waals surface area contributed by atoms with E-state index in [9.17, 15) is 14.0 Å². The Morgan fingerprint density at radius 2 is 1.96 bits per heavy atom. The smallest absolute Gasteiger partial charge is 0.240 e. The first kappa shape index (κ1) is 16.9. The van der Waals surface area contributed by atoms with E-state index in [-0.39, 0.29) is 11.8 Å². The van der Waals surface area contributed by atoms with Gasteiger partial charge < -0.3 is 15.4 Å². The number of nitrogens with zero attached hydrogens (tertiary/aromatic N) is 1. The Morgan fingerprint density at radius 3 is 2.62 bits per heavy atom. The summed E-state index contributed by atoms with van der Waals surface area (Å²) in [6.45, 7) is 4.41. The third kappa shape index (κ3) is 3.91. The molecule has 1 aromatic carbocycles. The molecule has 130 valence electrons. The number of hydrogen-bond acceptors (Lipinski definition) is 4. The molecule has 2 amide bonds. The Morgan fingerprint density at radius 1 is 1.21 bits per heavy atom. The second kappa shape index (κ2) is 7.27. The highest BCUT2D eigenvalue weighted by molar-refractivity contribution is 6.13. The predicted octanol–water partition coefficient (Wildman–Crippen LogP) is 0.993. The standard InChI is InChI=1S/C17H22FN3O3/c18-13-2-1-3-14(12-13)20-16(23)17(4-5-17)15(22)19-6-7-21-8-10-24-11-9-21/h1-3,12H,4-11H2,(H,19,22)(H,20,23). The monoisotopic (exact) mass is 335 g/mol. The van der Waals surface area contributed by atoms with Gasteiger partial charge in [-0.05, 0) is 31.0 Å². The van der Waals surface area contributed by atoms with Crippen LogP contribution in [0.5, 0.6) is 0 Å². The van der Waals surface area contributed by atoms with E-state index < -0.39 is 11.2 Å². The lowest BCUT2D eigenvalue weighted by Gasteiger charge is -2.26. The largest absolute Gasteiger partial charge is 0.379 e. The molecule has 0 radical (unpaired) electrons. The van der Waals surface area contributed by atoms with Crippen LogP contribution in [-0.4, -0.2) is 56.1 Å². The number of nitrogens with one attached hydrogen (secondary N) is 2. The van der Waals surface area contributed by atoms with Gasteiger partial charge in [0.1, 0.15) is 11.2 Å². The van der Waals surface area contributed by atoms with Gasteiger partial charge in [-0.15, -0.1) is 0 Å². The van der Waals surface area contributed by atoms with Gasteiger partial charge in [-0.3, -0.25) is 14.5 Å². The molecule has 2 N–H and O–H groups in total. The zero-order valence-electron chi connectivity index (χ0n) is 13.5. The quantitative estimate of drug-likeness (QED) is 0.761. The molecule has 1 heterocycles. The van der Waals surface area contributed by atoms with Crippen molar-refractivity contribution >= 4 is 17.5 Å². The molecule has 1 aliphatic carbocycles. The molecule has 0 unspecified atom stereocenters. The van der Waals surface area contributed by atoms with Gasteiger partial charge in [0, 0.05) is 31.9 Å². The van der Waals surface area contributed by atoms with E-state index in [2.05, 4.69) is 15.5 Å². The summed E-state index contributed by atoms with van der Waals surface area (Å²) >= 11 is 0. The summed E-state index contributed by atoms with van der Waals surface area (Å²) in [6.07, 6.45) is 1.05. The van der Waals surface area contributed by atoms with E-state index in [0.29, 0.717) is 38.3 Å². The number of morpholine rings is 1. The number of anilines is 1. The number of halogens is 1. The van der Waals surface area contributed by atoms with Crippen molar-refractivity contribution in [3.8, 4) is 0 Å². The Balaban J connectivity index is 1.49. The number of carbonyl (C=O) groups excluding carboxylic acids is 2. The van der Waals surface area contributed by atoms with Crippen molar-refractivity contribution in [2.24, 2.45) is 5.41 Å². The first-order chi connectivity index (χ1) is 11.6. The van der Waals surface area contributed by atoms with Crippen molar-refractivity contribution in [2.75, 3.05) is 44.7 Å². The lowest BCUT2D eigenvalue weighted by molar-refractivity contribution is -0.134. The average Bonchev–Trinajstić information content (AvgIpc) is 3.38. The van der Waals surface area contributed by atoms with Crippen LogP contribution in [-0.2, 0) is 14.3 Å². The SMILES string of the molecule is O=C(NCCN1CCOCC1)C1(C(=O)Nc2cccc(F)c2)CC1. The van der Waals surface area contributed by atoms with Gasteiger partial charge in [0.2, 0.25) is 11.8 Å². The van der Waals surface area contributed by atoms with Crippen molar-refractivity contribution in [1.82, 2.24) is 10.2 Å². The van der Waals surface area contributed by atoms with Crippen molar-refractivity contribution in [3.63, 3.8) is 0 Å². The van der Waals surface area contributed by atoms with Crippen molar-refractivity contribution < 1.29 is 18.7 Å². The first-order valence-electron chi connectivity index (χ1n) is 8.26. The van der Waals surface area contributed by atoms with Crippen LogP contribution in [0.3, 0.4) is 0 Å². The summed E-state index contributed by atoms with van der Waals surface area (Å²) in [5.41, 5.74) is -0.635. The zero-order chi connectivity index (χ0) is 17.0. The maximum atomic E-state index is 13.2. The average molecular weight is 335 g/mol. The third-order valence-electron chi connectivity index (χ3n) is 4.52. The van der Waals surface area contributed by atoms with Crippen LogP contribution in [0, 0.1) is 11.2 Å². The number of benzene rings is 1. The summed E-state index contributed by atoms with van der Waals surface area (Å²) in [4.78, 5) is 27.0. The molecule has 24 heavy (non-hydrogen) atoms. The molecular weight excluding hydrogens is 313 g/mol. The van der Waals surface area contributed by atoms with E-state index in [1.54, 1.807) is 6.07 Å². The predicted molar refractivity (Wildman–Crippen MR) is 87.0 cm³/mol. The summed E-state index contributed by atoms with van der Waals surface area (Å²) in [7, 11) is 0. The number of ether oxygens (including phenoxy) is 1. The van der Waals surface area contributed by atoms with E-state index in [0.717, 1.165) is 19.6 Å². The van der Waals surface area contributed by atoms with E-state index >= 15 is 0 Å². The maximum Gasteiger partial charge on any atom is 0.240 e. The van der Waals surface area contributed by atoms with E-state index in [1.165, 1.54) is 18.2 Å². The van der Waals surface area contributed by atoms with Crippen molar-refractivity contribution in [2.45, 2.75) is 12.8 Å². The molecule has 1 aromatic rings. The zero-order valence-corrected chi connectivity index (χ0v) is 13.5. The van der Waals surface area contributed by atoms with Crippen LogP contribution in [0.2, 0.25) is 0 Å². The molecule has 1 saturated heterocycles. The first-order valence-corrected chi connectivity index (χ1v) is 8.26. The highest BCUT2D eigenvalue weighted by Gasteiger charge is 2.56. The number of amides is 2. The van der Waals surface area contributed by atoms with Gasteiger partial charge >= 0.3 is 0 Å². The Bertz CT molecular complexity index is 613. The minimum Gasteiger partial charge on any atom is -0.379 e. The van der Waals surface area contributed by atoms with Crippen molar-refractivity contribution in [3.05, 3.63) is 30.1 Å². The molecular formula is C17H22FN3O3. The molecule has 3 rings (SSSR count). The molecule has 1 aliphatic heterocycles. The van der Waals surface area contributed by atoms with E-state index in [4.69, 9.17) is 4.74 Å². The molecule has 0 bridgehead atoms. The number of rotatable bonds is 6. The van der Waals surface area contributed by atoms with Crippen LogP contribution < -0.4 is 10.6 Å². The van der Waals surface area contributed by atoms with Gasteiger partial charge in [0.15, 0.2) is 0 Å². The minimum atomic E-state index is -1.00. The molecule has 2 fully saturated rings. The van der Waals surface area contributed by atoms with Gasteiger partial charge in [-0.1, -0.05) is 6.07 Å². The molecule has 7 heteroatoms. The van der Waals surface area contributed by atoms with Gasteiger partial charge in [-0.25, -0.2) is 4.39 Å². The topological polar surface area (TPSA) is 70.7 Å². The molecule has 0 atom stereocenters. The molecule has 0 aromatic heterocycles. The molecule has 0 spiro atoms. The summed E-state index contributed by atoms with van der Waals surface area (Å²) in [5, 5.41) is 5.49. The summed E-state index contributed by atoms with van der Waals surface area (Å²) in [5.74, 6) is -1.03. The lowest BCUT2D eigenvalue weighted by Crippen LogP contribution is -2.45. The second-order valence-electron chi connectivity index (χ2n) is 6.26. The van der Waals surface area contributed by atoms with Crippen LogP contribution in [0.4, 0.5) is 10.1 Å². The second-order valence-corrected chi connectivity index (χ2v) is 6.26. The van der Waals surface area contributed by atoms with Gasteiger partial charge in [-0.2, -0.15) is 0 Å². The molecule has 6 nitrogen and oxygen atoms in total. The number of hydrogen-bond donors (Lipinski definition) is 2. The van der Waals surface area contributed by atoms with Crippen LogP contribution in [0.1, 0.15) is 12.8 Å². The third-order valence-corrected chi connectivity index (χ3v) is 4.52. The fraction of sp³-hybridized carbons (Fsp3) is 0.529. The number of carbonyl (C=O) groups is 2. The summed E-state index contributed by atoms with van der Waals surface area (Å²) in [6, 6.07) is 5.67. The van der Waals surface area contributed by atoms with Gasteiger partial charge in [0.05, 0.1) is 13.2 Å². The van der Waals surface area contributed by atoms with E-state index in [1.807, 2.05) is 0 Å². The van der Waals surface area contributed by atoms with Crippen LogP contribution in [0.25, 0.3) is 0 Å². The fourth-order valence-electron chi connectivity index (χ4n) is 2.82. The van der Waals surface area contributed by atoms with Crippen molar-refractivity contribution in [1.29, 1.82) is 0 Å².